The number of carbonyl (C=O) groups is 4. The molecule has 3 amide bonds. The zero-order valence-electron chi connectivity index (χ0n) is 20.1. The highest BCUT2D eigenvalue weighted by Gasteiger charge is 2.39. The third-order valence-electron chi connectivity index (χ3n) is 5.28. The number of amides is 3. The summed E-state index contributed by atoms with van der Waals surface area (Å²) >= 11 is 18.2. The summed E-state index contributed by atoms with van der Waals surface area (Å²) in [7, 11) is 0. The van der Waals surface area contributed by atoms with Gasteiger partial charge in [-0.25, -0.2) is 9.69 Å². The van der Waals surface area contributed by atoms with Crippen molar-refractivity contribution in [2.75, 3.05) is 15.5 Å². The minimum Gasteiger partial charge on any atom is -0.459 e. The van der Waals surface area contributed by atoms with Crippen LogP contribution in [-0.2, 0) is 14.3 Å². The van der Waals surface area contributed by atoms with E-state index in [1.54, 1.807) is 44.2 Å². The van der Waals surface area contributed by atoms with Crippen LogP contribution in [0.2, 0.25) is 10.0 Å². The van der Waals surface area contributed by atoms with Crippen LogP contribution in [0.1, 0.15) is 34.6 Å². The summed E-state index contributed by atoms with van der Waals surface area (Å²) in [6, 6.07) is 16.9. The first-order chi connectivity index (χ1) is 18.0. The summed E-state index contributed by atoms with van der Waals surface area (Å²) in [6.07, 6.45) is -0.338. The van der Waals surface area contributed by atoms with Gasteiger partial charge < -0.3 is 15.4 Å². The molecule has 0 saturated heterocycles. The van der Waals surface area contributed by atoms with Gasteiger partial charge in [-0.3, -0.25) is 14.4 Å². The molecule has 11 heteroatoms. The first-order valence-corrected chi connectivity index (χ1v) is 12.4. The van der Waals surface area contributed by atoms with Gasteiger partial charge in [0.2, 0.25) is 0 Å². The van der Waals surface area contributed by atoms with Crippen LogP contribution >= 0.6 is 34.8 Å². The Hall–Kier alpha value is -3.85. The maximum absolute atomic E-state index is 13.2. The number of rotatable bonds is 7. The molecule has 3 aromatic carbocycles. The molecule has 0 fully saturated rings. The quantitative estimate of drug-likeness (QED) is 0.256. The van der Waals surface area contributed by atoms with Crippen molar-refractivity contribution < 1.29 is 23.9 Å². The fraction of sp³-hybridized carbons (Fsp3) is 0.111. The molecule has 2 N–H and O–H groups in total. The number of nitrogens with zero attached hydrogens (tertiary/aromatic N) is 1. The molecule has 0 aromatic heterocycles. The van der Waals surface area contributed by atoms with E-state index in [9.17, 15) is 19.2 Å². The number of hydrogen-bond acceptors (Lipinski definition) is 6. The van der Waals surface area contributed by atoms with Crippen LogP contribution in [-0.4, -0.2) is 29.8 Å². The maximum Gasteiger partial charge on any atom is 0.338 e. The highest BCUT2D eigenvalue weighted by Crippen LogP contribution is 2.31. The minimum atomic E-state index is -0.762. The van der Waals surface area contributed by atoms with Gasteiger partial charge in [0.1, 0.15) is 10.7 Å². The van der Waals surface area contributed by atoms with Crippen LogP contribution in [0.3, 0.4) is 0 Å². The maximum atomic E-state index is 13.2. The Bertz CT molecular complexity index is 1500. The summed E-state index contributed by atoms with van der Waals surface area (Å²) in [4.78, 5) is 52.0. The number of imide groups is 1. The lowest BCUT2D eigenvalue weighted by Crippen LogP contribution is -2.32. The van der Waals surface area contributed by atoms with Crippen LogP contribution < -0.4 is 15.5 Å². The summed E-state index contributed by atoms with van der Waals surface area (Å²) in [5, 5.41) is 5.85. The molecule has 0 saturated carbocycles. The Morgan fingerprint density at radius 2 is 1.53 bits per heavy atom. The van der Waals surface area contributed by atoms with Crippen molar-refractivity contribution in [2.24, 2.45) is 0 Å². The van der Waals surface area contributed by atoms with Gasteiger partial charge in [-0.05, 0) is 68.4 Å². The molecule has 8 nitrogen and oxygen atoms in total. The van der Waals surface area contributed by atoms with Crippen molar-refractivity contribution in [3.05, 3.63) is 98.6 Å². The fourth-order valence-electron chi connectivity index (χ4n) is 3.56. The molecule has 1 heterocycles. The van der Waals surface area contributed by atoms with E-state index in [4.69, 9.17) is 39.5 Å². The Morgan fingerprint density at radius 1 is 0.816 bits per heavy atom. The molecular weight excluding hydrogens is 553 g/mol. The number of benzene rings is 3. The van der Waals surface area contributed by atoms with Crippen LogP contribution in [0.15, 0.2) is 77.5 Å². The van der Waals surface area contributed by atoms with Gasteiger partial charge in [-0.2, -0.15) is 0 Å². The Balaban J connectivity index is 1.52. The van der Waals surface area contributed by atoms with E-state index in [0.29, 0.717) is 16.4 Å². The Kier molecular flexibility index (Phi) is 8.06. The first-order valence-electron chi connectivity index (χ1n) is 11.3. The Morgan fingerprint density at radius 3 is 2.24 bits per heavy atom. The SMILES string of the molecule is CC(C)OC(=O)c1cccc(N2C(=O)C(Cl)=C(Nc3cccc(C(=O)Nc4ccc(Cl)c(Cl)c4)c3)C2=O)c1. The van der Waals surface area contributed by atoms with Crippen LogP contribution in [0.25, 0.3) is 0 Å². The van der Waals surface area contributed by atoms with Gasteiger partial charge in [-0.15, -0.1) is 0 Å². The largest absolute Gasteiger partial charge is 0.459 e. The van der Waals surface area contributed by atoms with Crippen LogP contribution in [0.5, 0.6) is 0 Å². The van der Waals surface area contributed by atoms with Gasteiger partial charge in [0.15, 0.2) is 0 Å². The smallest absolute Gasteiger partial charge is 0.338 e. The van der Waals surface area contributed by atoms with Crippen molar-refractivity contribution in [2.45, 2.75) is 20.0 Å². The van der Waals surface area contributed by atoms with Crippen LogP contribution in [0, 0.1) is 0 Å². The number of hydrogen-bond donors (Lipinski definition) is 2. The predicted octanol–water partition coefficient (Wildman–Crippen LogP) is 6.25. The van der Waals surface area contributed by atoms with E-state index in [1.807, 2.05) is 0 Å². The van der Waals surface area contributed by atoms with Gasteiger partial charge in [-0.1, -0.05) is 46.9 Å². The molecule has 194 valence electrons. The van der Waals surface area contributed by atoms with Crippen molar-refractivity contribution in [1.82, 2.24) is 0 Å². The molecule has 1 aliphatic rings. The summed E-state index contributed by atoms with van der Waals surface area (Å²) in [6.45, 7) is 3.42. The average Bonchev–Trinajstić information content (AvgIpc) is 3.09. The lowest BCUT2D eigenvalue weighted by atomic mass is 10.1. The van der Waals surface area contributed by atoms with Crippen molar-refractivity contribution in [3.8, 4) is 0 Å². The number of esters is 1. The summed E-state index contributed by atoms with van der Waals surface area (Å²) in [5.41, 5.74) is 1.21. The Labute approximate surface area is 233 Å². The highest BCUT2D eigenvalue weighted by molar-refractivity contribution is 6.53. The van der Waals surface area contributed by atoms with E-state index in [-0.39, 0.29) is 38.7 Å². The van der Waals surface area contributed by atoms with Gasteiger partial charge >= 0.3 is 5.97 Å². The monoisotopic (exact) mass is 571 g/mol. The second-order valence-electron chi connectivity index (χ2n) is 8.43. The summed E-state index contributed by atoms with van der Waals surface area (Å²) < 4.78 is 5.19. The standard InChI is InChI=1S/C27H20Cl3N3O5/c1-14(2)38-27(37)16-6-4-8-19(12-16)33-25(35)22(30)23(26(33)36)31-17-7-3-5-15(11-17)24(34)32-18-9-10-20(28)21(29)13-18/h3-14,31H,1-2H3,(H,32,34). The molecule has 0 radical (unpaired) electrons. The minimum absolute atomic E-state index is 0.155. The molecule has 0 bridgehead atoms. The third-order valence-corrected chi connectivity index (χ3v) is 6.37. The van der Waals surface area contributed by atoms with Gasteiger partial charge in [0.25, 0.3) is 17.7 Å². The van der Waals surface area contributed by atoms with Gasteiger partial charge in [0.05, 0.1) is 27.4 Å². The van der Waals surface area contributed by atoms with E-state index in [1.165, 1.54) is 36.4 Å². The zero-order chi connectivity index (χ0) is 27.6. The number of ether oxygens (including phenoxy) is 1. The number of nitrogens with one attached hydrogen (secondary N) is 2. The molecule has 0 spiro atoms. The van der Waals surface area contributed by atoms with E-state index >= 15 is 0 Å². The molecule has 0 atom stereocenters. The molecule has 3 aromatic rings. The fourth-order valence-corrected chi connectivity index (χ4v) is 4.07. The van der Waals surface area contributed by atoms with Crippen LogP contribution in [0.4, 0.5) is 17.1 Å². The van der Waals surface area contributed by atoms with Crippen molar-refractivity contribution in [3.63, 3.8) is 0 Å². The van der Waals surface area contributed by atoms with Gasteiger partial charge in [0, 0.05) is 16.9 Å². The number of anilines is 3. The molecular formula is C27H20Cl3N3O5. The van der Waals surface area contributed by atoms with E-state index in [0.717, 1.165) is 4.90 Å². The molecule has 4 rings (SSSR count). The second kappa shape index (κ2) is 11.3. The molecule has 1 aliphatic heterocycles. The normalized spacial score (nSPS) is 13.3. The molecule has 0 unspecified atom stereocenters. The number of halogens is 3. The topological polar surface area (TPSA) is 105 Å². The van der Waals surface area contributed by atoms with E-state index in [2.05, 4.69) is 10.6 Å². The zero-order valence-corrected chi connectivity index (χ0v) is 22.3. The second-order valence-corrected chi connectivity index (χ2v) is 9.62. The third kappa shape index (κ3) is 5.83. The van der Waals surface area contributed by atoms with Crippen molar-refractivity contribution in [1.29, 1.82) is 0 Å². The average molecular weight is 573 g/mol. The van der Waals surface area contributed by atoms with E-state index < -0.39 is 23.7 Å². The summed E-state index contributed by atoms with van der Waals surface area (Å²) in [5.74, 6) is -2.51. The predicted molar refractivity (Wildman–Crippen MR) is 147 cm³/mol. The lowest BCUT2D eigenvalue weighted by molar-refractivity contribution is -0.120. The molecule has 38 heavy (non-hydrogen) atoms. The highest BCUT2D eigenvalue weighted by atomic mass is 35.5. The molecule has 0 aliphatic carbocycles. The van der Waals surface area contributed by atoms with Crippen molar-refractivity contribution >= 4 is 75.6 Å². The first kappa shape index (κ1) is 27.2. The number of carbonyl (C=O) groups excluding carboxylic acids is 4. The lowest BCUT2D eigenvalue weighted by Gasteiger charge is -2.16.